The predicted octanol–water partition coefficient (Wildman–Crippen LogP) is 14.5. The van der Waals surface area contributed by atoms with Crippen LogP contribution in [0.5, 0.6) is 23.0 Å². The lowest BCUT2D eigenvalue weighted by atomic mass is 10.1. The molecule has 0 saturated carbocycles. The SMILES string of the molecule is CCCCCCN1c2ccc(N3c4ccccc4Oc4cc(Br)ccc43)cc2Sc2cc(N3c4ccccc4Oc4cc(Br)ccc43)ccc21. The number of hydrogen-bond donors (Lipinski definition) is 0. The summed E-state index contributed by atoms with van der Waals surface area (Å²) in [5.41, 5.74) is 8.79. The second kappa shape index (κ2) is 13.1. The monoisotopic (exact) mass is 801 g/mol. The van der Waals surface area contributed by atoms with Crippen LogP contribution in [0.4, 0.5) is 45.5 Å². The van der Waals surface area contributed by atoms with Crippen molar-refractivity contribution in [2.24, 2.45) is 0 Å². The largest absolute Gasteiger partial charge is 0.453 e. The average molecular weight is 804 g/mol. The molecule has 0 aliphatic carbocycles. The summed E-state index contributed by atoms with van der Waals surface area (Å²) in [7, 11) is 0. The van der Waals surface area contributed by atoms with Gasteiger partial charge in [-0.3, -0.25) is 0 Å². The Morgan fingerprint density at radius 3 is 1.50 bits per heavy atom. The highest BCUT2D eigenvalue weighted by atomic mass is 79.9. The third-order valence-electron chi connectivity index (χ3n) is 9.42. The fourth-order valence-electron chi connectivity index (χ4n) is 7.10. The van der Waals surface area contributed by atoms with Gasteiger partial charge in [0.1, 0.15) is 0 Å². The fraction of sp³-hybridized carbons (Fsp3) is 0.143. The minimum Gasteiger partial charge on any atom is -0.453 e. The molecule has 0 fully saturated rings. The van der Waals surface area contributed by atoms with Gasteiger partial charge in [-0.2, -0.15) is 0 Å². The van der Waals surface area contributed by atoms with Crippen LogP contribution in [0.25, 0.3) is 0 Å². The number of unbranched alkanes of at least 4 members (excludes halogenated alkanes) is 3. The van der Waals surface area contributed by atoms with E-state index in [0.29, 0.717) is 0 Å². The van der Waals surface area contributed by atoms with E-state index in [0.717, 1.165) is 79.0 Å². The molecule has 3 heterocycles. The minimum atomic E-state index is 0.828. The van der Waals surface area contributed by atoms with Gasteiger partial charge < -0.3 is 24.2 Å². The summed E-state index contributed by atoms with van der Waals surface area (Å²) in [5, 5.41) is 0. The summed E-state index contributed by atoms with van der Waals surface area (Å²) in [4.78, 5) is 9.63. The standard InChI is InChI=1S/C42H33Br2N3O2S/c1-2-3-4-9-22-45-35-20-16-29(46-31-10-5-7-12-37(31)48-39-23-27(43)14-18-33(39)46)25-41(35)50-42-26-30(17-21-36(42)45)47-32-11-6-8-13-38(32)49-40-24-28(44)15-19-34(40)47/h5-8,10-21,23-26H,2-4,9,22H2,1H3. The molecule has 3 aliphatic rings. The minimum absolute atomic E-state index is 0.828. The Bertz CT molecular complexity index is 2120. The number of rotatable bonds is 7. The Labute approximate surface area is 313 Å². The zero-order chi connectivity index (χ0) is 33.8. The quantitative estimate of drug-likeness (QED) is 0.149. The number of anilines is 8. The number of hydrogen-bond acceptors (Lipinski definition) is 6. The summed E-state index contributed by atoms with van der Waals surface area (Å²) in [6, 6.07) is 42.8. The molecule has 9 rings (SSSR count). The van der Waals surface area contributed by atoms with Crippen LogP contribution in [-0.2, 0) is 0 Å². The van der Waals surface area contributed by atoms with Crippen LogP contribution >= 0.6 is 43.6 Å². The Morgan fingerprint density at radius 1 is 0.500 bits per heavy atom. The predicted molar refractivity (Wildman–Crippen MR) is 213 cm³/mol. The zero-order valence-electron chi connectivity index (χ0n) is 27.4. The van der Waals surface area contributed by atoms with Crippen LogP contribution in [0.2, 0.25) is 0 Å². The van der Waals surface area contributed by atoms with Gasteiger partial charge in [0, 0.05) is 36.7 Å². The summed E-state index contributed by atoms with van der Waals surface area (Å²) in [5.74, 6) is 3.34. The van der Waals surface area contributed by atoms with E-state index in [-0.39, 0.29) is 0 Å². The van der Waals surface area contributed by atoms with Crippen LogP contribution in [0, 0.1) is 0 Å². The third-order valence-corrected chi connectivity index (χ3v) is 11.5. The van der Waals surface area contributed by atoms with Crippen LogP contribution in [0.15, 0.2) is 140 Å². The summed E-state index contributed by atoms with van der Waals surface area (Å²) >= 11 is 9.13. The van der Waals surface area contributed by atoms with Gasteiger partial charge in [0.05, 0.1) is 34.1 Å². The molecule has 0 N–H and O–H groups in total. The van der Waals surface area contributed by atoms with Crippen molar-refractivity contribution >= 4 is 89.1 Å². The van der Waals surface area contributed by atoms with Crippen molar-refractivity contribution < 1.29 is 9.47 Å². The molecule has 50 heavy (non-hydrogen) atoms. The Hall–Kier alpha value is -4.37. The number of fused-ring (bicyclic) bond motifs is 6. The first kappa shape index (κ1) is 31.6. The molecule has 0 atom stereocenters. The van der Waals surface area contributed by atoms with E-state index in [1.54, 1.807) is 0 Å². The van der Waals surface area contributed by atoms with E-state index < -0.39 is 0 Å². The van der Waals surface area contributed by atoms with Crippen molar-refractivity contribution in [1.29, 1.82) is 0 Å². The molecule has 0 unspecified atom stereocenters. The number of para-hydroxylation sites is 4. The molecule has 3 aliphatic heterocycles. The lowest BCUT2D eigenvalue weighted by Gasteiger charge is -2.37. The first-order valence-corrected chi connectivity index (χ1v) is 19.4. The summed E-state index contributed by atoms with van der Waals surface area (Å²) < 4.78 is 14.7. The zero-order valence-corrected chi connectivity index (χ0v) is 31.4. The molecular formula is C42H33Br2N3O2S. The molecule has 6 aromatic carbocycles. The fourth-order valence-corrected chi connectivity index (χ4v) is 8.94. The van der Waals surface area contributed by atoms with Gasteiger partial charge in [0.2, 0.25) is 0 Å². The van der Waals surface area contributed by atoms with Crippen molar-refractivity contribution in [3.8, 4) is 23.0 Å². The Balaban J connectivity index is 1.15. The Morgan fingerprint density at radius 2 is 0.980 bits per heavy atom. The highest BCUT2D eigenvalue weighted by Gasteiger charge is 2.31. The van der Waals surface area contributed by atoms with Crippen molar-refractivity contribution in [3.63, 3.8) is 0 Å². The third kappa shape index (κ3) is 5.54. The molecule has 0 spiro atoms. The lowest BCUT2D eigenvalue weighted by Crippen LogP contribution is -2.23. The van der Waals surface area contributed by atoms with E-state index in [1.807, 2.05) is 48.2 Å². The average Bonchev–Trinajstić information content (AvgIpc) is 3.13. The van der Waals surface area contributed by atoms with E-state index in [4.69, 9.17) is 9.47 Å². The molecule has 0 saturated heterocycles. The first-order chi connectivity index (χ1) is 24.6. The Kier molecular flexibility index (Phi) is 8.26. The van der Waals surface area contributed by atoms with Gasteiger partial charge >= 0.3 is 0 Å². The van der Waals surface area contributed by atoms with E-state index in [2.05, 4.69) is 138 Å². The molecule has 0 aromatic heterocycles. The maximum atomic E-state index is 6.38. The van der Waals surface area contributed by atoms with Crippen molar-refractivity contribution in [2.75, 3.05) is 21.2 Å². The van der Waals surface area contributed by atoms with Crippen molar-refractivity contribution in [3.05, 3.63) is 130 Å². The normalized spacial score (nSPS) is 13.6. The van der Waals surface area contributed by atoms with Crippen LogP contribution < -0.4 is 24.2 Å². The van der Waals surface area contributed by atoms with E-state index >= 15 is 0 Å². The first-order valence-electron chi connectivity index (χ1n) is 17.0. The molecule has 0 amide bonds. The molecule has 0 radical (unpaired) electrons. The number of benzene rings is 6. The van der Waals surface area contributed by atoms with Crippen LogP contribution in [-0.4, -0.2) is 6.54 Å². The molecular weight excluding hydrogens is 770 g/mol. The van der Waals surface area contributed by atoms with E-state index in [9.17, 15) is 0 Å². The number of ether oxygens (including phenoxy) is 2. The molecule has 8 heteroatoms. The molecule has 0 bridgehead atoms. The number of nitrogens with zero attached hydrogens (tertiary/aromatic N) is 3. The van der Waals surface area contributed by atoms with Gasteiger partial charge in [-0.1, -0.05) is 94.1 Å². The molecule has 5 nitrogen and oxygen atoms in total. The van der Waals surface area contributed by atoms with Crippen LogP contribution in [0.3, 0.4) is 0 Å². The summed E-state index contributed by atoms with van der Waals surface area (Å²) in [6.07, 6.45) is 4.82. The smallest absolute Gasteiger partial charge is 0.152 e. The van der Waals surface area contributed by atoms with E-state index in [1.165, 1.54) is 40.4 Å². The van der Waals surface area contributed by atoms with Gasteiger partial charge in [0.15, 0.2) is 23.0 Å². The highest BCUT2D eigenvalue weighted by molar-refractivity contribution is 9.10. The molecule has 248 valence electrons. The highest BCUT2D eigenvalue weighted by Crippen LogP contribution is 2.56. The van der Waals surface area contributed by atoms with Gasteiger partial charge in [-0.05, 0) is 103 Å². The second-order valence-electron chi connectivity index (χ2n) is 12.7. The maximum Gasteiger partial charge on any atom is 0.152 e. The number of halogens is 2. The van der Waals surface area contributed by atoms with Gasteiger partial charge in [-0.25, -0.2) is 0 Å². The van der Waals surface area contributed by atoms with Crippen molar-refractivity contribution in [1.82, 2.24) is 0 Å². The topological polar surface area (TPSA) is 28.2 Å². The summed E-state index contributed by atoms with van der Waals surface area (Å²) in [6.45, 7) is 3.24. The van der Waals surface area contributed by atoms with Crippen LogP contribution in [0.1, 0.15) is 32.6 Å². The van der Waals surface area contributed by atoms with Gasteiger partial charge in [-0.15, -0.1) is 0 Å². The lowest BCUT2D eigenvalue weighted by molar-refractivity contribution is 0.476. The maximum absolute atomic E-state index is 6.38. The second-order valence-corrected chi connectivity index (χ2v) is 15.6. The van der Waals surface area contributed by atoms with Gasteiger partial charge in [0.25, 0.3) is 0 Å². The molecule has 6 aromatic rings. The van der Waals surface area contributed by atoms with Crippen molar-refractivity contribution in [2.45, 2.75) is 42.4 Å².